The number of carbonyl (C=O) groups is 2. The number of aliphatic carboxylic acids is 1. The van der Waals surface area contributed by atoms with Gasteiger partial charge in [-0.3, -0.25) is 9.59 Å². The number of nitrogens with two attached hydrogens (primary N) is 1. The van der Waals surface area contributed by atoms with E-state index in [1.165, 1.54) is 4.90 Å². The molecule has 0 bridgehead atoms. The first-order chi connectivity index (χ1) is 8.90. The first kappa shape index (κ1) is 14.0. The summed E-state index contributed by atoms with van der Waals surface area (Å²) in [5.74, 6) is -1.14. The van der Waals surface area contributed by atoms with Gasteiger partial charge >= 0.3 is 5.97 Å². The number of hydrogen-bond acceptors (Lipinski definition) is 3. The number of carboxylic acids is 1. The van der Waals surface area contributed by atoms with Crippen molar-refractivity contribution in [1.82, 2.24) is 4.90 Å². The molecule has 5 nitrogen and oxygen atoms in total. The SMILES string of the molecule is NC1(C(=O)O)CCN(C(=O)Cc2ccc(Br)cc2)C1. The van der Waals surface area contributed by atoms with Crippen molar-refractivity contribution in [1.29, 1.82) is 0 Å². The summed E-state index contributed by atoms with van der Waals surface area (Å²) in [6.45, 7) is 0.482. The summed E-state index contributed by atoms with van der Waals surface area (Å²) in [6, 6.07) is 7.48. The average Bonchev–Trinajstić information content (AvgIpc) is 2.76. The van der Waals surface area contributed by atoms with E-state index in [-0.39, 0.29) is 18.9 Å². The Kier molecular flexibility index (Phi) is 3.91. The van der Waals surface area contributed by atoms with E-state index in [0.29, 0.717) is 13.0 Å². The van der Waals surface area contributed by atoms with Crippen molar-refractivity contribution in [3.8, 4) is 0 Å². The number of carboxylic acid groups (broad SMARTS) is 1. The molecule has 1 heterocycles. The van der Waals surface area contributed by atoms with Crippen LogP contribution in [0.3, 0.4) is 0 Å². The summed E-state index contributed by atoms with van der Waals surface area (Å²) < 4.78 is 0.955. The molecule has 3 N–H and O–H groups in total. The van der Waals surface area contributed by atoms with Gasteiger partial charge in [0, 0.05) is 17.6 Å². The summed E-state index contributed by atoms with van der Waals surface area (Å²) in [5, 5.41) is 9.02. The third kappa shape index (κ3) is 3.13. The van der Waals surface area contributed by atoms with Crippen molar-refractivity contribution in [2.75, 3.05) is 13.1 Å². The van der Waals surface area contributed by atoms with E-state index >= 15 is 0 Å². The molecule has 1 atom stereocenters. The van der Waals surface area contributed by atoms with E-state index in [4.69, 9.17) is 10.8 Å². The van der Waals surface area contributed by atoms with E-state index in [0.717, 1.165) is 10.0 Å². The fourth-order valence-corrected chi connectivity index (χ4v) is 2.37. The van der Waals surface area contributed by atoms with Gasteiger partial charge in [-0.1, -0.05) is 28.1 Å². The summed E-state index contributed by atoms with van der Waals surface area (Å²) >= 11 is 3.33. The van der Waals surface area contributed by atoms with Crippen molar-refractivity contribution in [3.63, 3.8) is 0 Å². The van der Waals surface area contributed by atoms with E-state index in [2.05, 4.69) is 15.9 Å². The molecular weight excluding hydrogens is 312 g/mol. The second kappa shape index (κ2) is 5.30. The van der Waals surface area contributed by atoms with Crippen molar-refractivity contribution in [3.05, 3.63) is 34.3 Å². The Labute approximate surface area is 119 Å². The predicted octanol–water partition coefficient (Wildman–Crippen LogP) is 1.01. The monoisotopic (exact) mass is 326 g/mol. The normalized spacial score (nSPS) is 22.5. The molecule has 6 heteroatoms. The summed E-state index contributed by atoms with van der Waals surface area (Å²) in [4.78, 5) is 24.6. The van der Waals surface area contributed by atoms with Crippen LogP contribution in [0.25, 0.3) is 0 Å². The van der Waals surface area contributed by atoms with Crippen LogP contribution in [-0.2, 0) is 16.0 Å². The van der Waals surface area contributed by atoms with Gasteiger partial charge < -0.3 is 15.7 Å². The fraction of sp³-hybridized carbons (Fsp3) is 0.385. The van der Waals surface area contributed by atoms with Crippen LogP contribution in [0.15, 0.2) is 28.7 Å². The topological polar surface area (TPSA) is 83.6 Å². The maximum atomic E-state index is 12.1. The average molecular weight is 327 g/mol. The predicted molar refractivity (Wildman–Crippen MR) is 73.6 cm³/mol. The Morgan fingerprint density at radius 2 is 2.00 bits per heavy atom. The highest BCUT2D eigenvalue weighted by atomic mass is 79.9. The second-order valence-corrected chi connectivity index (χ2v) is 5.75. The number of benzene rings is 1. The third-order valence-electron chi connectivity index (χ3n) is 3.35. The van der Waals surface area contributed by atoms with Gasteiger partial charge in [0.05, 0.1) is 6.42 Å². The molecule has 1 unspecified atom stereocenters. The molecule has 1 saturated heterocycles. The Hall–Kier alpha value is -1.40. The second-order valence-electron chi connectivity index (χ2n) is 4.83. The maximum absolute atomic E-state index is 12.1. The fourth-order valence-electron chi connectivity index (χ4n) is 2.11. The standard InChI is InChI=1S/C13H15BrN2O3/c14-10-3-1-9(2-4-10)7-11(17)16-6-5-13(15,8-16)12(18)19/h1-4H,5-8,15H2,(H,18,19). The molecule has 0 radical (unpaired) electrons. The molecule has 102 valence electrons. The van der Waals surface area contributed by atoms with Crippen molar-refractivity contribution in [2.24, 2.45) is 5.73 Å². The number of nitrogens with zero attached hydrogens (tertiary/aromatic N) is 1. The summed E-state index contributed by atoms with van der Waals surface area (Å²) in [5.41, 5.74) is 5.35. The van der Waals surface area contributed by atoms with Crippen LogP contribution in [-0.4, -0.2) is 40.5 Å². The van der Waals surface area contributed by atoms with E-state index in [1.54, 1.807) is 0 Å². The molecule has 1 amide bonds. The first-order valence-electron chi connectivity index (χ1n) is 5.95. The molecule has 1 aliphatic heterocycles. The van der Waals surface area contributed by atoms with Crippen LogP contribution in [0.5, 0.6) is 0 Å². The number of hydrogen-bond donors (Lipinski definition) is 2. The Morgan fingerprint density at radius 3 is 2.53 bits per heavy atom. The van der Waals surface area contributed by atoms with Crippen molar-refractivity contribution in [2.45, 2.75) is 18.4 Å². The molecule has 0 saturated carbocycles. The zero-order valence-electron chi connectivity index (χ0n) is 10.3. The van der Waals surface area contributed by atoms with E-state index < -0.39 is 11.5 Å². The van der Waals surface area contributed by atoms with Crippen LogP contribution >= 0.6 is 15.9 Å². The van der Waals surface area contributed by atoms with E-state index in [1.807, 2.05) is 24.3 Å². The van der Waals surface area contributed by atoms with Gasteiger partial charge in [0.1, 0.15) is 5.54 Å². The molecule has 0 spiro atoms. The molecule has 1 aliphatic rings. The van der Waals surface area contributed by atoms with Gasteiger partial charge in [0.15, 0.2) is 0 Å². The molecule has 2 rings (SSSR count). The highest BCUT2D eigenvalue weighted by Gasteiger charge is 2.42. The van der Waals surface area contributed by atoms with Gasteiger partial charge in [-0.05, 0) is 24.1 Å². The van der Waals surface area contributed by atoms with Gasteiger partial charge in [-0.25, -0.2) is 0 Å². The van der Waals surface area contributed by atoms with Gasteiger partial charge in [-0.15, -0.1) is 0 Å². The number of likely N-dealkylation sites (tertiary alicyclic amines) is 1. The zero-order chi connectivity index (χ0) is 14.0. The minimum absolute atomic E-state index is 0.0810. The van der Waals surface area contributed by atoms with Crippen LogP contribution in [0.2, 0.25) is 0 Å². The van der Waals surface area contributed by atoms with E-state index in [9.17, 15) is 9.59 Å². The molecule has 1 aromatic rings. The van der Waals surface area contributed by atoms with Crippen LogP contribution in [0.1, 0.15) is 12.0 Å². The van der Waals surface area contributed by atoms with Crippen LogP contribution < -0.4 is 5.73 Å². The molecule has 1 aromatic carbocycles. The lowest BCUT2D eigenvalue weighted by Crippen LogP contribution is -2.50. The lowest BCUT2D eigenvalue weighted by Gasteiger charge is -2.20. The molecule has 19 heavy (non-hydrogen) atoms. The lowest BCUT2D eigenvalue weighted by molar-refractivity contribution is -0.143. The minimum Gasteiger partial charge on any atom is -0.480 e. The van der Waals surface area contributed by atoms with Crippen molar-refractivity contribution < 1.29 is 14.7 Å². The number of rotatable bonds is 3. The van der Waals surface area contributed by atoms with Gasteiger partial charge in [-0.2, -0.15) is 0 Å². The Morgan fingerprint density at radius 1 is 1.37 bits per heavy atom. The smallest absolute Gasteiger partial charge is 0.325 e. The first-order valence-corrected chi connectivity index (χ1v) is 6.74. The van der Waals surface area contributed by atoms with Crippen molar-refractivity contribution >= 4 is 27.8 Å². The lowest BCUT2D eigenvalue weighted by atomic mass is 10.0. The van der Waals surface area contributed by atoms with Gasteiger partial charge in [0.25, 0.3) is 0 Å². The van der Waals surface area contributed by atoms with Gasteiger partial charge in [0.2, 0.25) is 5.91 Å². The largest absolute Gasteiger partial charge is 0.480 e. The summed E-state index contributed by atoms with van der Waals surface area (Å²) in [7, 11) is 0. The Bertz CT molecular complexity index is 503. The number of carbonyl (C=O) groups excluding carboxylic acids is 1. The third-order valence-corrected chi connectivity index (χ3v) is 3.88. The minimum atomic E-state index is -1.30. The molecular formula is C13H15BrN2O3. The zero-order valence-corrected chi connectivity index (χ0v) is 11.9. The molecule has 0 aromatic heterocycles. The van der Waals surface area contributed by atoms with Crippen LogP contribution in [0.4, 0.5) is 0 Å². The highest BCUT2D eigenvalue weighted by molar-refractivity contribution is 9.10. The molecule has 1 fully saturated rings. The number of halogens is 1. The maximum Gasteiger partial charge on any atom is 0.325 e. The molecule has 0 aliphatic carbocycles. The summed E-state index contributed by atoms with van der Waals surface area (Å²) in [6.07, 6.45) is 0.567. The quantitative estimate of drug-likeness (QED) is 0.868. The van der Waals surface area contributed by atoms with Crippen LogP contribution in [0, 0.1) is 0 Å². The Balaban J connectivity index is 1.98. The number of amides is 1. The highest BCUT2D eigenvalue weighted by Crippen LogP contribution is 2.20.